The standard InChI is InChI=1S/C53H44N2/c1-3-54(51-31-19-17-29-45(51)39-21-9-5-10-22-39)43-33-35-47-48-36-34-44(55(4-2)52-32-20-18-30-46(52)40-23-11-6-12-24-40)38-50(48)53(49(47)37-43,41-25-13-7-14-26-41)42-27-15-8-16-28-42/h5-38H,3-4H2,1-2H3. The first-order valence-corrected chi connectivity index (χ1v) is 19.5. The topological polar surface area (TPSA) is 6.48 Å². The van der Waals surface area contributed by atoms with E-state index in [0.29, 0.717) is 0 Å². The number of para-hydroxylation sites is 2. The average Bonchev–Trinajstić information content (AvgIpc) is 3.55. The van der Waals surface area contributed by atoms with Crippen molar-refractivity contribution in [1.29, 1.82) is 0 Å². The summed E-state index contributed by atoms with van der Waals surface area (Å²) in [6.07, 6.45) is 0. The summed E-state index contributed by atoms with van der Waals surface area (Å²) in [5.41, 5.74) is 16.8. The quantitative estimate of drug-likeness (QED) is 0.140. The molecule has 0 unspecified atom stereocenters. The number of hydrogen-bond donors (Lipinski definition) is 0. The summed E-state index contributed by atoms with van der Waals surface area (Å²) in [5.74, 6) is 0. The van der Waals surface area contributed by atoms with Crippen LogP contribution in [-0.4, -0.2) is 13.1 Å². The van der Waals surface area contributed by atoms with E-state index in [9.17, 15) is 0 Å². The SMILES string of the molecule is CCN(c1ccc2c(c1)C(c1ccccc1)(c1ccccc1)c1cc(N(CC)c3ccccc3-c3ccccc3)ccc1-2)c1ccccc1-c1ccccc1. The van der Waals surface area contributed by atoms with Crippen molar-refractivity contribution in [2.45, 2.75) is 19.3 Å². The number of rotatable bonds is 10. The fraction of sp³-hybridized carbons (Fsp3) is 0.0943. The van der Waals surface area contributed by atoms with E-state index in [0.717, 1.165) is 13.1 Å². The molecule has 0 N–H and O–H groups in total. The molecule has 0 heterocycles. The highest BCUT2D eigenvalue weighted by Crippen LogP contribution is 2.58. The molecule has 8 aromatic rings. The Morgan fingerprint density at radius 2 is 0.691 bits per heavy atom. The third kappa shape index (κ3) is 5.82. The highest BCUT2D eigenvalue weighted by Gasteiger charge is 2.46. The Hall–Kier alpha value is -6.64. The molecule has 1 aliphatic rings. The van der Waals surface area contributed by atoms with Crippen LogP contribution in [-0.2, 0) is 5.41 Å². The smallest absolute Gasteiger partial charge is 0.0715 e. The summed E-state index contributed by atoms with van der Waals surface area (Å²) in [7, 11) is 0. The number of nitrogens with zero attached hydrogens (tertiary/aromatic N) is 2. The maximum absolute atomic E-state index is 2.47. The first-order chi connectivity index (χ1) is 27.2. The number of fused-ring (bicyclic) bond motifs is 3. The first-order valence-electron chi connectivity index (χ1n) is 19.5. The fourth-order valence-corrected chi connectivity index (χ4v) is 8.93. The molecule has 0 fully saturated rings. The number of hydrogen-bond acceptors (Lipinski definition) is 2. The zero-order valence-electron chi connectivity index (χ0n) is 31.4. The molecule has 0 radical (unpaired) electrons. The van der Waals surface area contributed by atoms with Crippen LogP contribution in [0, 0.1) is 0 Å². The van der Waals surface area contributed by atoms with E-state index in [-0.39, 0.29) is 0 Å². The van der Waals surface area contributed by atoms with Crippen LogP contribution in [0.1, 0.15) is 36.1 Å². The van der Waals surface area contributed by atoms with Gasteiger partial charge in [-0.05, 0) is 94.8 Å². The summed E-state index contributed by atoms with van der Waals surface area (Å²) >= 11 is 0. The maximum atomic E-state index is 2.47. The second-order valence-electron chi connectivity index (χ2n) is 14.2. The lowest BCUT2D eigenvalue weighted by atomic mass is 9.67. The Balaban J connectivity index is 1.27. The molecule has 0 amide bonds. The third-order valence-electron chi connectivity index (χ3n) is 11.3. The summed E-state index contributed by atoms with van der Waals surface area (Å²) in [6, 6.07) is 75.7. The van der Waals surface area contributed by atoms with Gasteiger partial charge in [-0.15, -0.1) is 0 Å². The monoisotopic (exact) mass is 708 g/mol. The van der Waals surface area contributed by atoms with Crippen LogP contribution in [0.2, 0.25) is 0 Å². The maximum Gasteiger partial charge on any atom is 0.0715 e. The Kier molecular flexibility index (Phi) is 9.09. The molecule has 0 aromatic heterocycles. The zero-order chi connectivity index (χ0) is 37.2. The van der Waals surface area contributed by atoms with E-state index in [1.54, 1.807) is 0 Å². The fourth-order valence-electron chi connectivity index (χ4n) is 8.93. The summed E-state index contributed by atoms with van der Waals surface area (Å²) in [4.78, 5) is 4.94. The second kappa shape index (κ2) is 14.6. The number of benzene rings is 8. The highest BCUT2D eigenvalue weighted by molar-refractivity contribution is 5.92. The molecular weight excluding hydrogens is 665 g/mol. The molecule has 2 heteroatoms. The van der Waals surface area contributed by atoms with Crippen molar-refractivity contribution in [2.24, 2.45) is 0 Å². The molecule has 1 aliphatic carbocycles. The van der Waals surface area contributed by atoms with Gasteiger partial charge in [0.1, 0.15) is 0 Å². The van der Waals surface area contributed by atoms with Gasteiger partial charge in [0, 0.05) is 47.0 Å². The second-order valence-corrected chi connectivity index (χ2v) is 14.2. The van der Waals surface area contributed by atoms with Gasteiger partial charge in [-0.3, -0.25) is 0 Å². The van der Waals surface area contributed by atoms with Crippen LogP contribution in [0.15, 0.2) is 206 Å². The van der Waals surface area contributed by atoms with E-state index in [4.69, 9.17) is 0 Å². The first kappa shape index (κ1) is 34.1. The number of anilines is 4. The van der Waals surface area contributed by atoms with Crippen LogP contribution in [0.25, 0.3) is 33.4 Å². The van der Waals surface area contributed by atoms with Gasteiger partial charge in [-0.1, -0.05) is 170 Å². The van der Waals surface area contributed by atoms with E-state index in [2.05, 4.69) is 230 Å². The molecule has 9 rings (SSSR count). The van der Waals surface area contributed by atoms with Crippen LogP contribution in [0.3, 0.4) is 0 Å². The van der Waals surface area contributed by atoms with Crippen molar-refractivity contribution in [1.82, 2.24) is 0 Å². The third-order valence-corrected chi connectivity index (χ3v) is 11.3. The van der Waals surface area contributed by atoms with Gasteiger partial charge >= 0.3 is 0 Å². The van der Waals surface area contributed by atoms with Crippen molar-refractivity contribution >= 4 is 22.7 Å². The molecule has 0 spiro atoms. The lowest BCUT2D eigenvalue weighted by Crippen LogP contribution is -2.29. The lowest BCUT2D eigenvalue weighted by Gasteiger charge is -2.35. The van der Waals surface area contributed by atoms with E-state index >= 15 is 0 Å². The molecule has 0 aliphatic heterocycles. The van der Waals surface area contributed by atoms with Gasteiger partial charge in [-0.2, -0.15) is 0 Å². The van der Waals surface area contributed by atoms with E-state index in [1.165, 1.54) is 78.4 Å². The minimum absolute atomic E-state index is 0.546. The van der Waals surface area contributed by atoms with Gasteiger partial charge in [0.15, 0.2) is 0 Å². The van der Waals surface area contributed by atoms with Crippen molar-refractivity contribution in [3.05, 3.63) is 229 Å². The van der Waals surface area contributed by atoms with Crippen molar-refractivity contribution in [3.63, 3.8) is 0 Å². The predicted molar refractivity (Wildman–Crippen MR) is 233 cm³/mol. The summed E-state index contributed by atoms with van der Waals surface area (Å²) in [5, 5.41) is 0. The minimum Gasteiger partial charge on any atom is -0.341 e. The van der Waals surface area contributed by atoms with Crippen molar-refractivity contribution in [2.75, 3.05) is 22.9 Å². The molecule has 0 bridgehead atoms. The molecular formula is C53H44N2. The van der Waals surface area contributed by atoms with Crippen LogP contribution in [0.4, 0.5) is 22.7 Å². The molecule has 2 nitrogen and oxygen atoms in total. The average molecular weight is 709 g/mol. The van der Waals surface area contributed by atoms with Crippen LogP contribution < -0.4 is 9.80 Å². The van der Waals surface area contributed by atoms with Gasteiger partial charge < -0.3 is 9.80 Å². The Labute approximate surface area is 325 Å². The predicted octanol–water partition coefficient (Wildman–Crippen LogP) is 13.7. The molecule has 0 saturated heterocycles. The minimum atomic E-state index is -0.546. The molecule has 55 heavy (non-hydrogen) atoms. The zero-order valence-corrected chi connectivity index (χ0v) is 31.4. The Morgan fingerprint density at radius 1 is 0.345 bits per heavy atom. The van der Waals surface area contributed by atoms with Gasteiger partial charge in [0.05, 0.1) is 5.41 Å². The van der Waals surface area contributed by atoms with Gasteiger partial charge in [-0.25, -0.2) is 0 Å². The highest BCUT2D eigenvalue weighted by atomic mass is 15.1. The Morgan fingerprint density at radius 3 is 1.07 bits per heavy atom. The van der Waals surface area contributed by atoms with E-state index < -0.39 is 5.41 Å². The van der Waals surface area contributed by atoms with Gasteiger partial charge in [0.2, 0.25) is 0 Å². The molecule has 0 atom stereocenters. The van der Waals surface area contributed by atoms with Gasteiger partial charge in [0.25, 0.3) is 0 Å². The Bertz CT molecular complexity index is 2380. The largest absolute Gasteiger partial charge is 0.341 e. The van der Waals surface area contributed by atoms with E-state index in [1.807, 2.05) is 0 Å². The summed E-state index contributed by atoms with van der Waals surface area (Å²) < 4.78 is 0. The lowest BCUT2D eigenvalue weighted by molar-refractivity contribution is 0.767. The molecule has 0 saturated carbocycles. The molecule has 8 aromatic carbocycles. The normalized spacial score (nSPS) is 12.5. The van der Waals surface area contributed by atoms with Crippen molar-refractivity contribution in [3.8, 4) is 33.4 Å². The summed E-state index contributed by atoms with van der Waals surface area (Å²) in [6.45, 7) is 6.17. The van der Waals surface area contributed by atoms with Crippen LogP contribution in [0.5, 0.6) is 0 Å². The van der Waals surface area contributed by atoms with Crippen molar-refractivity contribution < 1.29 is 0 Å². The van der Waals surface area contributed by atoms with Crippen LogP contribution >= 0.6 is 0 Å². The molecule has 266 valence electrons.